The highest BCUT2D eigenvalue weighted by Gasteiger charge is 2.16. The Morgan fingerprint density at radius 1 is 1.41 bits per heavy atom. The third-order valence-electron chi connectivity index (χ3n) is 3.33. The maximum atomic E-state index is 11.7. The molecule has 0 aliphatic carbocycles. The van der Waals surface area contributed by atoms with E-state index in [9.17, 15) is 9.59 Å². The molecule has 0 saturated heterocycles. The lowest BCUT2D eigenvalue weighted by Crippen LogP contribution is -2.23. The lowest BCUT2D eigenvalue weighted by molar-refractivity contribution is -0.144. The number of benzene rings is 1. The van der Waals surface area contributed by atoms with Crippen molar-refractivity contribution in [1.29, 1.82) is 0 Å². The molecule has 0 amide bonds. The fraction of sp³-hybridized carbons (Fsp3) is 0.375. The van der Waals surface area contributed by atoms with Crippen molar-refractivity contribution >= 4 is 28.5 Å². The van der Waals surface area contributed by atoms with Crippen LogP contribution in [0.25, 0.3) is 11.0 Å². The molecule has 0 aliphatic rings. The summed E-state index contributed by atoms with van der Waals surface area (Å²) in [5.41, 5.74) is 0.765. The number of hydrogen-bond acceptors (Lipinski definition) is 4. The lowest BCUT2D eigenvalue weighted by Gasteiger charge is -2.13. The van der Waals surface area contributed by atoms with E-state index in [1.165, 1.54) is 19.1 Å². The topological polar surface area (TPSA) is 76.7 Å². The van der Waals surface area contributed by atoms with Gasteiger partial charge in [0.25, 0.3) is 0 Å². The zero-order valence-corrected chi connectivity index (χ0v) is 13.1. The number of ether oxygens (including phenoxy) is 1. The van der Waals surface area contributed by atoms with Crippen LogP contribution in [0.4, 0.5) is 0 Å². The molecule has 1 aromatic heterocycles. The standard InChI is InChI=1S/C16H17ClO5/c1-3-4-5-10-6-15(18)22-13-8-14(12(17)7-11(10)13)21-9(2)16(19)20/h6-9H,3-5H2,1-2H3,(H,19,20)/t9-/m0/s1. The minimum atomic E-state index is -1.10. The zero-order valence-electron chi connectivity index (χ0n) is 12.4. The lowest BCUT2D eigenvalue weighted by atomic mass is 10.0. The van der Waals surface area contributed by atoms with Crippen molar-refractivity contribution in [3.05, 3.63) is 39.2 Å². The Morgan fingerprint density at radius 2 is 2.14 bits per heavy atom. The third-order valence-corrected chi connectivity index (χ3v) is 3.63. The molecule has 2 aromatic rings. The first-order valence-electron chi connectivity index (χ1n) is 7.08. The van der Waals surface area contributed by atoms with E-state index in [-0.39, 0.29) is 10.8 Å². The summed E-state index contributed by atoms with van der Waals surface area (Å²) in [4.78, 5) is 22.5. The van der Waals surface area contributed by atoms with E-state index in [0.29, 0.717) is 5.58 Å². The molecule has 0 saturated carbocycles. The minimum absolute atomic E-state index is 0.180. The fourth-order valence-electron chi connectivity index (χ4n) is 2.13. The predicted molar refractivity (Wildman–Crippen MR) is 83.8 cm³/mol. The Morgan fingerprint density at radius 3 is 2.77 bits per heavy atom. The molecule has 5 nitrogen and oxygen atoms in total. The van der Waals surface area contributed by atoms with Crippen molar-refractivity contribution in [1.82, 2.24) is 0 Å². The maximum Gasteiger partial charge on any atom is 0.344 e. The molecule has 118 valence electrons. The van der Waals surface area contributed by atoms with Crippen LogP contribution in [0.1, 0.15) is 32.3 Å². The van der Waals surface area contributed by atoms with Gasteiger partial charge in [-0.2, -0.15) is 0 Å². The van der Waals surface area contributed by atoms with Crippen LogP contribution in [0.3, 0.4) is 0 Å². The van der Waals surface area contributed by atoms with Crippen LogP contribution >= 0.6 is 11.6 Å². The van der Waals surface area contributed by atoms with Gasteiger partial charge >= 0.3 is 11.6 Å². The Balaban J connectivity index is 2.49. The molecule has 1 aromatic carbocycles. The van der Waals surface area contributed by atoms with Crippen LogP contribution in [0.15, 0.2) is 27.4 Å². The summed E-state index contributed by atoms with van der Waals surface area (Å²) in [5, 5.41) is 9.92. The van der Waals surface area contributed by atoms with Crippen LogP contribution < -0.4 is 10.4 Å². The second-order valence-electron chi connectivity index (χ2n) is 5.07. The van der Waals surface area contributed by atoms with Gasteiger partial charge in [-0.3, -0.25) is 0 Å². The van der Waals surface area contributed by atoms with Gasteiger partial charge in [-0.25, -0.2) is 9.59 Å². The number of aliphatic carboxylic acids is 1. The number of unbranched alkanes of at least 4 members (excludes halogenated alkanes) is 1. The molecule has 6 heteroatoms. The number of halogens is 1. The SMILES string of the molecule is CCCCc1cc(=O)oc2cc(O[C@@H](C)C(=O)O)c(Cl)cc12. The van der Waals surface area contributed by atoms with Gasteiger partial charge in [0.05, 0.1) is 5.02 Å². The number of aryl methyl sites for hydroxylation is 1. The van der Waals surface area contributed by atoms with E-state index in [4.69, 9.17) is 25.9 Å². The number of fused-ring (bicyclic) bond motifs is 1. The van der Waals surface area contributed by atoms with Gasteiger partial charge in [0, 0.05) is 17.5 Å². The third kappa shape index (κ3) is 3.60. The number of carboxylic acids is 1. The Hall–Kier alpha value is -2.01. The summed E-state index contributed by atoms with van der Waals surface area (Å²) in [5.74, 6) is -0.922. The molecule has 22 heavy (non-hydrogen) atoms. The first-order valence-corrected chi connectivity index (χ1v) is 7.46. The van der Waals surface area contributed by atoms with Crippen molar-refractivity contribution in [3.8, 4) is 5.75 Å². The van der Waals surface area contributed by atoms with Crippen LogP contribution in [0, 0.1) is 0 Å². The van der Waals surface area contributed by atoms with Crippen molar-refractivity contribution < 1.29 is 19.1 Å². The summed E-state index contributed by atoms with van der Waals surface area (Å²) in [7, 11) is 0. The molecule has 1 heterocycles. The van der Waals surface area contributed by atoms with E-state index in [2.05, 4.69) is 6.92 Å². The summed E-state index contributed by atoms with van der Waals surface area (Å²) < 4.78 is 10.5. The minimum Gasteiger partial charge on any atom is -0.479 e. The van der Waals surface area contributed by atoms with Crippen molar-refractivity contribution in [2.45, 2.75) is 39.2 Å². The van der Waals surface area contributed by atoms with Gasteiger partial charge in [-0.1, -0.05) is 24.9 Å². The summed E-state index contributed by atoms with van der Waals surface area (Å²) >= 11 is 6.16. The number of rotatable bonds is 6. The van der Waals surface area contributed by atoms with E-state index in [1.54, 1.807) is 6.07 Å². The molecule has 1 N–H and O–H groups in total. The molecule has 2 rings (SSSR count). The average molecular weight is 325 g/mol. The van der Waals surface area contributed by atoms with Crippen LogP contribution in [0.5, 0.6) is 5.75 Å². The number of carboxylic acid groups (broad SMARTS) is 1. The van der Waals surface area contributed by atoms with E-state index >= 15 is 0 Å². The Labute approximate surface area is 132 Å². The average Bonchev–Trinajstić information content (AvgIpc) is 2.46. The quantitative estimate of drug-likeness (QED) is 0.821. The molecule has 0 unspecified atom stereocenters. The predicted octanol–water partition coefficient (Wildman–Crippen LogP) is 3.64. The van der Waals surface area contributed by atoms with Crippen LogP contribution in [-0.4, -0.2) is 17.2 Å². The van der Waals surface area contributed by atoms with Crippen molar-refractivity contribution in [3.63, 3.8) is 0 Å². The van der Waals surface area contributed by atoms with Crippen LogP contribution in [0.2, 0.25) is 5.02 Å². The van der Waals surface area contributed by atoms with E-state index in [1.807, 2.05) is 0 Å². The Bertz CT molecular complexity index is 750. The van der Waals surface area contributed by atoms with E-state index in [0.717, 1.165) is 30.2 Å². The van der Waals surface area contributed by atoms with Gasteiger partial charge in [0.1, 0.15) is 11.3 Å². The highest BCUT2D eigenvalue weighted by molar-refractivity contribution is 6.32. The van der Waals surface area contributed by atoms with Gasteiger partial charge in [0.2, 0.25) is 0 Å². The molecule has 0 radical (unpaired) electrons. The largest absolute Gasteiger partial charge is 0.479 e. The number of hydrogen-bond donors (Lipinski definition) is 1. The molecule has 1 atom stereocenters. The molecular weight excluding hydrogens is 308 g/mol. The molecule has 0 aliphatic heterocycles. The molecular formula is C16H17ClO5. The second kappa shape index (κ2) is 6.83. The first kappa shape index (κ1) is 16.4. The maximum absolute atomic E-state index is 11.7. The smallest absolute Gasteiger partial charge is 0.344 e. The summed E-state index contributed by atoms with van der Waals surface area (Å²) in [6.45, 7) is 3.47. The van der Waals surface area contributed by atoms with Crippen LogP contribution in [-0.2, 0) is 11.2 Å². The summed E-state index contributed by atoms with van der Waals surface area (Å²) in [6.07, 6.45) is 1.66. The van der Waals surface area contributed by atoms with E-state index < -0.39 is 17.7 Å². The summed E-state index contributed by atoms with van der Waals surface area (Å²) in [6, 6.07) is 4.58. The fourth-order valence-corrected chi connectivity index (χ4v) is 2.34. The monoisotopic (exact) mass is 324 g/mol. The Kier molecular flexibility index (Phi) is 5.08. The van der Waals surface area contributed by atoms with Gasteiger partial charge in [-0.05, 0) is 31.4 Å². The normalized spacial score (nSPS) is 12.3. The van der Waals surface area contributed by atoms with Gasteiger partial charge in [-0.15, -0.1) is 0 Å². The second-order valence-corrected chi connectivity index (χ2v) is 5.48. The highest BCUT2D eigenvalue weighted by atomic mass is 35.5. The first-order chi connectivity index (χ1) is 10.4. The zero-order chi connectivity index (χ0) is 16.3. The van der Waals surface area contributed by atoms with Crippen molar-refractivity contribution in [2.75, 3.05) is 0 Å². The number of carbonyl (C=O) groups is 1. The molecule has 0 fully saturated rings. The molecule has 0 bridgehead atoms. The molecule has 0 spiro atoms. The van der Waals surface area contributed by atoms with Crippen molar-refractivity contribution in [2.24, 2.45) is 0 Å². The highest BCUT2D eigenvalue weighted by Crippen LogP contribution is 2.32. The van der Waals surface area contributed by atoms with Gasteiger partial charge in [0.15, 0.2) is 6.10 Å². The van der Waals surface area contributed by atoms with Gasteiger partial charge < -0.3 is 14.3 Å².